The van der Waals surface area contributed by atoms with E-state index in [1.807, 2.05) is 0 Å². The number of thiophene rings is 1. The van der Waals surface area contributed by atoms with Gasteiger partial charge in [-0.25, -0.2) is 8.42 Å². The van der Waals surface area contributed by atoms with E-state index in [9.17, 15) is 18.0 Å². The van der Waals surface area contributed by atoms with E-state index in [1.165, 1.54) is 11.0 Å². The van der Waals surface area contributed by atoms with Crippen molar-refractivity contribution in [3.63, 3.8) is 0 Å². The highest BCUT2D eigenvalue weighted by atomic mass is 32.2. The zero-order valence-electron chi connectivity index (χ0n) is 16.3. The molecule has 0 saturated heterocycles. The molecule has 2 aromatic rings. The Labute approximate surface area is 169 Å². The topological polar surface area (TPSA) is 95.6 Å². The summed E-state index contributed by atoms with van der Waals surface area (Å²) in [4.78, 5) is 26.0. The fourth-order valence-electron chi connectivity index (χ4n) is 2.61. The molecule has 0 aliphatic carbocycles. The minimum Gasteiger partial charge on any atom is -0.355 e. The Hall–Kier alpha value is -2.23. The molecular weight excluding hydrogens is 398 g/mol. The first-order valence-corrected chi connectivity index (χ1v) is 11.1. The lowest BCUT2D eigenvalue weighted by Crippen LogP contribution is -2.49. The van der Waals surface area contributed by atoms with Gasteiger partial charge in [0.05, 0.1) is 0 Å². The van der Waals surface area contributed by atoms with Gasteiger partial charge in [0, 0.05) is 26.2 Å². The molecule has 7 nitrogen and oxygen atoms in total. The predicted molar refractivity (Wildman–Crippen MR) is 110 cm³/mol. The number of likely N-dealkylation sites (N-methyl/N-ethyl adjacent to an activating group) is 1. The summed E-state index contributed by atoms with van der Waals surface area (Å²) in [6.45, 7) is 3.90. The highest BCUT2D eigenvalue weighted by molar-refractivity contribution is 7.91. The zero-order valence-corrected chi connectivity index (χ0v) is 17.9. The molecule has 1 atom stereocenters. The van der Waals surface area contributed by atoms with Gasteiger partial charge in [-0.05, 0) is 35.1 Å². The number of amides is 2. The number of hydrogen-bond acceptors (Lipinski definition) is 5. The van der Waals surface area contributed by atoms with Gasteiger partial charge in [0.25, 0.3) is 15.9 Å². The SMILES string of the molecule is CNC(=O)c1ccc(CN(C)C(=O)[C@@H](NS(=O)(=O)c2cccs2)C(C)C)cc1. The maximum Gasteiger partial charge on any atom is 0.251 e. The van der Waals surface area contributed by atoms with E-state index in [0.29, 0.717) is 12.1 Å². The van der Waals surface area contributed by atoms with E-state index < -0.39 is 16.1 Å². The Morgan fingerprint density at radius 3 is 2.29 bits per heavy atom. The number of nitrogens with one attached hydrogen (secondary N) is 2. The summed E-state index contributed by atoms with van der Waals surface area (Å²) in [5.74, 6) is -0.718. The highest BCUT2D eigenvalue weighted by Gasteiger charge is 2.30. The molecule has 0 spiro atoms. The quantitative estimate of drug-likeness (QED) is 0.679. The van der Waals surface area contributed by atoms with Crippen molar-refractivity contribution < 1.29 is 18.0 Å². The number of carbonyl (C=O) groups is 2. The number of sulfonamides is 1. The van der Waals surface area contributed by atoms with Gasteiger partial charge in [-0.1, -0.05) is 32.0 Å². The van der Waals surface area contributed by atoms with Crippen LogP contribution in [-0.2, 0) is 21.4 Å². The van der Waals surface area contributed by atoms with Crippen LogP contribution in [0.25, 0.3) is 0 Å². The van der Waals surface area contributed by atoms with E-state index in [2.05, 4.69) is 10.0 Å². The molecule has 28 heavy (non-hydrogen) atoms. The summed E-state index contributed by atoms with van der Waals surface area (Å²) in [6, 6.07) is 9.20. The fourth-order valence-corrected chi connectivity index (χ4v) is 4.96. The van der Waals surface area contributed by atoms with Gasteiger partial charge in [-0.3, -0.25) is 9.59 Å². The van der Waals surface area contributed by atoms with Crippen molar-refractivity contribution >= 4 is 33.2 Å². The fraction of sp³-hybridized carbons (Fsp3) is 0.368. The van der Waals surface area contributed by atoms with Crippen LogP contribution in [-0.4, -0.2) is 45.3 Å². The van der Waals surface area contributed by atoms with Crippen LogP contribution in [0.3, 0.4) is 0 Å². The molecule has 1 aromatic heterocycles. The minimum atomic E-state index is -3.75. The maximum atomic E-state index is 12.9. The summed E-state index contributed by atoms with van der Waals surface area (Å²) in [7, 11) is -0.564. The lowest BCUT2D eigenvalue weighted by Gasteiger charge is -2.27. The van der Waals surface area contributed by atoms with Crippen molar-refractivity contribution in [3.8, 4) is 0 Å². The van der Waals surface area contributed by atoms with Gasteiger partial charge in [0.2, 0.25) is 5.91 Å². The molecule has 0 aliphatic rings. The lowest BCUT2D eigenvalue weighted by molar-refractivity contribution is -0.133. The van der Waals surface area contributed by atoms with Gasteiger partial charge in [-0.15, -0.1) is 11.3 Å². The predicted octanol–water partition coefficient (Wildman–Crippen LogP) is 2.07. The summed E-state index contributed by atoms with van der Waals surface area (Å²) in [6.07, 6.45) is 0. The second-order valence-corrected chi connectivity index (χ2v) is 9.63. The molecular formula is C19H25N3O4S2. The zero-order chi connectivity index (χ0) is 20.9. The first-order chi connectivity index (χ1) is 13.2. The van der Waals surface area contributed by atoms with E-state index in [4.69, 9.17) is 0 Å². The van der Waals surface area contributed by atoms with Gasteiger partial charge in [0.1, 0.15) is 10.3 Å². The van der Waals surface area contributed by atoms with Crippen molar-refractivity contribution in [1.82, 2.24) is 14.9 Å². The van der Waals surface area contributed by atoms with Crippen molar-refractivity contribution in [2.45, 2.75) is 30.6 Å². The second-order valence-electron chi connectivity index (χ2n) is 6.75. The van der Waals surface area contributed by atoms with E-state index in [1.54, 1.807) is 63.7 Å². The summed E-state index contributed by atoms with van der Waals surface area (Å²) in [5, 5.41) is 4.23. The maximum absolute atomic E-state index is 12.9. The Kier molecular flexibility index (Phi) is 7.34. The first kappa shape index (κ1) is 22.1. The Bertz CT molecular complexity index is 907. The summed E-state index contributed by atoms with van der Waals surface area (Å²) >= 11 is 1.10. The third-order valence-corrected chi connectivity index (χ3v) is 7.05. The van der Waals surface area contributed by atoms with Crippen LogP contribution >= 0.6 is 11.3 Å². The van der Waals surface area contributed by atoms with Crippen LogP contribution < -0.4 is 10.0 Å². The average Bonchev–Trinajstić information content (AvgIpc) is 3.21. The van der Waals surface area contributed by atoms with Crippen molar-refractivity contribution in [2.75, 3.05) is 14.1 Å². The van der Waals surface area contributed by atoms with Gasteiger partial charge < -0.3 is 10.2 Å². The largest absolute Gasteiger partial charge is 0.355 e. The van der Waals surface area contributed by atoms with Crippen LogP contribution in [0.15, 0.2) is 46.0 Å². The Morgan fingerprint density at radius 1 is 1.14 bits per heavy atom. The molecule has 1 heterocycles. The standard InChI is InChI=1S/C19H25N3O4S2/c1-13(2)17(21-28(25,26)16-6-5-11-27-16)19(24)22(4)12-14-7-9-15(10-8-14)18(23)20-3/h5-11,13,17,21H,12H2,1-4H3,(H,20,23)/t17-/m0/s1. The molecule has 152 valence electrons. The van der Waals surface area contributed by atoms with Crippen LogP contribution in [0.4, 0.5) is 0 Å². The number of rotatable bonds is 8. The van der Waals surface area contributed by atoms with Crippen LogP contribution in [0.5, 0.6) is 0 Å². The molecule has 0 saturated carbocycles. The second kappa shape index (κ2) is 9.31. The molecule has 0 unspecified atom stereocenters. The van der Waals surface area contributed by atoms with E-state index in [0.717, 1.165) is 16.9 Å². The van der Waals surface area contributed by atoms with E-state index in [-0.39, 0.29) is 21.9 Å². The van der Waals surface area contributed by atoms with Gasteiger partial charge in [0.15, 0.2) is 0 Å². The highest BCUT2D eigenvalue weighted by Crippen LogP contribution is 2.18. The monoisotopic (exact) mass is 423 g/mol. The van der Waals surface area contributed by atoms with Crippen molar-refractivity contribution in [3.05, 3.63) is 52.9 Å². The molecule has 0 fully saturated rings. The molecule has 0 aliphatic heterocycles. The molecule has 1 aromatic carbocycles. The molecule has 2 rings (SSSR count). The third kappa shape index (κ3) is 5.40. The minimum absolute atomic E-state index is 0.179. The van der Waals surface area contributed by atoms with Crippen molar-refractivity contribution in [2.24, 2.45) is 5.92 Å². The molecule has 2 amide bonds. The smallest absolute Gasteiger partial charge is 0.251 e. The third-order valence-electron chi connectivity index (χ3n) is 4.21. The number of hydrogen-bond donors (Lipinski definition) is 2. The molecule has 0 radical (unpaired) electrons. The average molecular weight is 424 g/mol. The number of benzene rings is 1. The number of carbonyl (C=O) groups excluding carboxylic acids is 2. The van der Waals surface area contributed by atoms with E-state index >= 15 is 0 Å². The Balaban J connectivity index is 2.11. The van der Waals surface area contributed by atoms with Crippen LogP contribution in [0.2, 0.25) is 0 Å². The summed E-state index contributed by atoms with van der Waals surface area (Å²) in [5.41, 5.74) is 1.37. The molecule has 2 N–H and O–H groups in total. The first-order valence-electron chi connectivity index (χ1n) is 8.77. The van der Waals surface area contributed by atoms with Gasteiger partial charge >= 0.3 is 0 Å². The molecule has 9 heteroatoms. The summed E-state index contributed by atoms with van der Waals surface area (Å²) < 4.78 is 27.7. The van der Waals surface area contributed by atoms with Crippen LogP contribution in [0.1, 0.15) is 29.8 Å². The van der Waals surface area contributed by atoms with Crippen molar-refractivity contribution in [1.29, 1.82) is 0 Å². The Morgan fingerprint density at radius 2 is 1.79 bits per heavy atom. The van der Waals surface area contributed by atoms with Gasteiger partial charge in [-0.2, -0.15) is 4.72 Å². The number of nitrogens with zero attached hydrogens (tertiary/aromatic N) is 1. The van der Waals surface area contributed by atoms with Crippen LogP contribution in [0, 0.1) is 5.92 Å². The normalized spacial score (nSPS) is 12.6. The lowest BCUT2D eigenvalue weighted by atomic mass is 10.0. The molecule has 0 bridgehead atoms.